The zero-order valence-electron chi connectivity index (χ0n) is 16.7. The molecule has 4 aliphatic carbocycles. The Kier molecular flexibility index (Phi) is 4.73. The first-order valence-electron chi connectivity index (χ1n) is 10.5. The number of nitrogens with zero attached hydrogens (tertiary/aromatic N) is 1. The minimum Gasteiger partial charge on any atom is -0.439 e. The number of carbonyl (C=O) groups is 1. The van der Waals surface area contributed by atoms with Gasteiger partial charge in [0.25, 0.3) is 5.91 Å². The zero-order valence-corrected chi connectivity index (χ0v) is 16.7. The number of aromatic nitrogens is 1. The molecule has 4 aliphatic rings. The molecule has 6 rings (SSSR count). The van der Waals surface area contributed by atoms with Gasteiger partial charge < -0.3 is 15.2 Å². The molecule has 1 amide bonds. The summed E-state index contributed by atoms with van der Waals surface area (Å²) in [4.78, 5) is 16.6. The molecule has 1 aromatic heterocycles. The van der Waals surface area contributed by atoms with Crippen molar-refractivity contribution in [1.82, 2.24) is 10.3 Å². The van der Waals surface area contributed by atoms with Crippen LogP contribution in [0.4, 0.5) is 13.2 Å². The molecule has 164 valence electrons. The van der Waals surface area contributed by atoms with Gasteiger partial charge in [0.1, 0.15) is 5.75 Å². The van der Waals surface area contributed by atoms with Gasteiger partial charge in [-0.2, -0.15) is 13.2 Å². The van der Waals surface area contributed by atoms with E-state index < -0.39 is 17.3 Å². The second-order valence-electron chi connectivity index (χ2n) is 9.17. The summed E-state index contributed by atoms with van der Waals surface area (Å²) in [5.74, 6) is 1.42. The molecule has 8 heteroatoms. The monoisotopic (exact) mass is 432 g/mol. The third-order valence-corrected chi connectivity index (χ3v) is 6.94. The Morgan fingerprint density at radius 2 is 1.87 bits per heavy atom. The van der Waals surface area contributed by atoms with Gasteiger partial charge in [-0.1, -0.05) is 6.07 Å². The summed E-state index contributed by atoms with van der Waals surface area (Å²) in [6.45, 7) is 0. The molecule has 4 fully saturated rings. The second kappa shape index (κ2) is 7.22. The molecule has 1 aromatic carbocycles. The van der Waals surface area contributed by atoms with Gasteiger partial charge in [0.15, 0.2) is 0 Å². The van der Waals surface area contributed by atoms with Crippen molar-refractivity contribution in [1.29, 1.82) is 0 Å². The number of amides is 1. The Morgan fingerprint density at radius 3 is 2.48 bits per heavy atom. The molecule has 4 saturated carbocycles. The van der Waals surface area contributed by atoms with Crippen molar-refractivity contribution in [2.45, 2.75) is 49.9 Å². The lowest BCUT2D eigenvalue weighted by molar-refractivity contribution is -0.146. The van der Waals surface area contributed by atoms with E-state index in [0.717, 1.165) is 37.8 Å². The fourth-order valence-corrected chi connectivity index (χ4v) is 5.90. The Morgan fingerprint density at radius 1 is 1.13 bits per heavy atom. The summed E-state index contributed by atoms with van der Waals surface area (Å²) in [6, 6.07) is 8.18. The first-order valence-corrected chi connectivity index (χ1v) is 10.5. The molecule has 5 atom stereocenters. The third-order valence-electron chi connectivity index (χ3n) is 6.94. The first kappa shape index (κ1) is 20.3. The molecular formula is C23H23F3N2O3. The molecule has 1 heterocycles. The summed E-state index contributed by atoms with van der Waals surface area (Å²) in [5.41, 5.74) is -1.33. The van der Waals surface area contributed by atoms with Gasteiger partial charge in [-0.25, -0.2) is 4.98 Å². The van der Waals surface area contributed by atoms with Crippen LogP contribution in [-0.4, -0.2) is 27.6 Å². The Labute approximate surface area is 177 Å². The summed E-state index contributed by atoms with van der Waals surface area (Å²) < 4.78 is 43.6. The SMILES string of the molecule is O=C(N[C@H]1C2CC3C[C@@H](C2)CC1(O)C3)c1cccc(Oc2ccc(C(F)(F)F)cn2)c1. The van der Waals surface area contributed by atoms with Crippen LogP contribution in [0.2, 0.25) is 0 Å². The van der Waals surface area contributed by atoms with Crippen molar-refractivity contribution in [3.05, 3.63) is 53.7 Å². The molecule has 0 saturated heterocycles. The standard InChI is InChI=1S/C23H23F3N2O3/c24-23(25,26)17-4-5-19(27-12-17)31-18-3-1-2-15(9-18)21(29)28-20-16-7-13-6-14(8-16)11-22(20,30)10-13/h1-5,9,12-14,16,20,30H,6-8,10-11H2,(H,28,29)/t13-,14?,16?,20-,22?/m0/s1. The number of carbonyl (C=O) groups excluding carboxylic acids is 1. The van der Waals surface area contributed by atoms with Gasteiger partial charge >= 0.3 is 6.18 Å². The number of ether oxygens (including phenoxy) is 1. The Bertz CT molecular complexity index is 978. The predicted octanol–water partition coefficient (Wildman–Crippen LogP) is 4.56. The zero-order chi connectivity index (χ0) is 21.8. The van der Waals surface area contributed by atoms with E-state index in [1.165, 1.54) is 12.5 Å². The van der Waals surface area contributed by atoms with E-state index in [9.17, 15) is 23.1 Å². The number of aliphatic hydroxyl groups is 1. The quantitative estimate of drug-likeness (QED) is 0.743. The van der Waals surface area contributed by atoms with E-state index in [0.29, 0.717) is 35.3 Å². The number of pyridine rings is 1. The van der Waals surface area contributed by atoms with Crippen LogP contribution in [0, 0.1) is 17.8 Å². The lowest BCUT2D eigenvalue weighted by atomic mass is 9.52. The Balaban J connectivity index is 1.28. The highest BCUT2D eigenvalue weighted by Gasteiger charge is 2.56. The minimum atomic E-state index is -4.47. The van der Waals surface area contributed by atoms with Crippen LogP contribution in [0.25, 0.3) is 0 Å². The van der Waals surface area contributed by atoms with Crippen LogP contribution in [0.15, 0.2) is 42.6 Å². The van der Waals surface area contributed by atoms with E-state index in [2.05, 4.69) is 10.3 Å². The van der Waals surface area contributed by atoms with Crippen molar-refractivity contribution in [3.8, 4) is 11.6 Å². The van der Waals surface area contributed by atoms with Crippen LogP contribution >= 0.6 is 0 Å². The number of benzene rings is 1. The van der Waals surface area contributed by atoms with Crippen LogP contribution in [0.1, 0.15) is 48.0 Å². The van der Waals surface area contributed by atoms with Gasteiger partial charge in [-0.15, -0.1) is 0 Å². The van der Waals surface area contributed by atoms with E-state index in [-0.39, 0.29) is 17.8 Å². The van der Waals surface area contributed by atoms with Crippen molar-refractivity contribution >= 4 is 5.91 Å². The van der Waals surface area contributed by atoms with E-state index in [1.54, 1.807) is 18.2 Å². The molecule has 0 radical (unpaired) electrons. The average molecular weight is 432 g/mol. The largest absolute Gasteiger partial charge is 0.439 e. The number of halogens is 3. The summed E-state index contributed by atoms with van der Waals surface area (Å²) >= 11 is 0. The average Bonchev–Trinajstić information content (AvgIpc) is 2.70. The summed E-state index contributed by atoms with van der Waals surface area (Å²) in [5, 5.41) is 14.2. The second-order valence-corrected chi connectivity index (χ2v) is 9.17. The van der Waals surface area contributed by atoms with Gasteiger partial charge in [0, 0.05) is 17.8 Å². The lowest BCUT2D eigenvalue weighted by Gasteiger charge is -2.58. The smallest absolute Gasteiger partial charge is 0.417 e. The van der Waals surface area contributed by atoms with E-state index in [4.69, 9.17) is 4.74 Å². The fraction of sp³-hybridized carbons (Fsp3) is 0.478. The number of rotatable bonds is 4. The maximum absolute atomic E-state index is 12.9. The summed E-state index contributed by atoms with van der Waals surface area (Å²) in [6.07, 6.45) is 1.02. The van der Waals surface area contributed by atoms with E-state index in [1.807, 2.05) is 0 Å². The molecule has 4 bridgehead atoms. The van der Waals surface area contributed by atoms with Crippen LogP contribution in [-0.2, 0) is 6.18 Å². The maximum Gasteiger partial charge on any atom is 0.417 e. The van der Waals surface area contributed by atoms with Crippen molar-refractivity contribution in [3.63, 3.8) is 0 Å². The highest BCUT2D eigenvalue weighted by atomic mass is 19.4. The lowest BCUT2D eigenvalue weighted by Crippen LogP contribution is -2.66. The number of hydrogen-bond donors (Lipinski definition) is 2. The van der Waals surface area contributed by atoms with Crippen molar-refractivity contribution < 1.29 is 27.8 Å². The van der Waals surface area contributed by atoms with Gasteiger partial charge in [0.2, 0.25) is 5.88 Å². The normalized spacial score (nSPS) is 31.5. The van der Waals surface area contributed by atoms with Crippen LogP contribution in [0.5, 0.6) is 11.6 Å². The number of alkyl halides is 3. The fourth-order valence-electron chi connectivity index (χ4n) is 5.90. The molecule has 2 aromatic rings. The van der Waals surface area contributed by atoms with E-state index >= 15 is 0 Å². The molecule has 31 heavy (non-hydrogen) atoms. The van der Waals surface area contributed by atoms with Crippen molar-refractivity contribution in [2.75, 3.05) is 0 Å². The first-order chi connectivity index (χ1) is 14.7. The third kappa shape index (κ3) is 3.89. The highest BCUT2D eigenvalue weighted by molar-refractivity contribution is 5.94. The summed E-state index contributed by atoms with van der Waals surface area (Å²) in [7, 11) is 0. The molecule has 3 unspecified atom stereocenters. The van der Waals surface area contributed by atoms with Gasteiger partial charge in [-0.05, 0) is 74.1 Å². The van der Waals surface area contributed by atoms with Crippen LogP contribution in [0.3, 0.4) is 0 Å². The minimum absolute atomic E-state index is 0.000840. The molecule has 0 aliphatic heterocycles. The molecule has 2 N–H and O–H groups in total. The van der Waals surface area contributed by atoms with Gasteiger partial charge in [0.05, 0.1) is 17.2 Å². The molecular weight excluding hydrogens is 409 g/mol. The Hall–Kier alpha value is -2.61. The topological polar surface area (TPSA) is 71.5 Å². The predicted molar refractivity (Wildman–Crippen MR) is 106 cm³/mol. The van der Waals surface area contributed by atoms with Crippen molar-refractivity contribution in [2.24, 2.45) is 17.8 Å². The highest BCUT2D eigenvalue weighted by Crippen LogP contribution is 2.55. The molecule has 5 nitrogen and oxygen atoms in total. The number of hydrogen-bond acceptors (Lipinski definition) is 4. The number of nitrogens with one attached hydrogen (secondary N) is 1. The van der Waals surface area contributed by atoms with Gasteiger partial charge in [-0.3, -0.25) is 4.79 Å². The molecule has 0 spiro atoms. The maximum atomic E-state index is 12.9. The van der Waals surface area contributed by atoms with Crippen LogP contribution < -0.4 is 10.1 Å².